The normalized spacial score (nSPS) is 13.6. The molecule has 7 nitrogen and oxygen atoms in total. The van der Waals surface area contributed by atoms with E-state index in [0.717, 1.165) is 43.6 Å². The van der Waals surface area contributed by atoms with Crippen LogP contribution in [0, 0.1) is 12.8 Å². The third-order valence-electron chi connectivity index (χ3n) is 3.93. The number of carbonyl (C=O) groups excluding carboxylic acids is 1. The highest BCUT2D eigenvalue weighted by molar-refractivity contribution is 14.0. The van der Waals surface area contributed by atoms with Crippen molar-refractivity contribution < 1.29 is 9.53 Å². The molecule has 2 rings (SSSR count). The summed E-state index contributed by atoms with van der Waals surface area (Å²) in [6.45, 7) is 7.64. The monoisotopic (exact) mass is 489 g/mol. The Labute approximate surface area is 179 Å². The Kier molecular flexibility index (Phi) is 12.0. The van der Waals surface area contributed by atoms with Crippen LogP contribution in [-0.4, -0.2) is 49.7 Å². The van der Waals surface area contributed by atoms with Gasteiger partial charge in [0.15, 0.2) is 5.96 Å². The largest absolute Gasteiger partial charge is 0.381 e. The fourth-order valence-electron chi connectivity index (χ4n) is 2.28. The van der Waals surface area contributed by atoms with Crippen LogP contribution in [0.4, 0.5) is 5.82 Å². The number of aryl methyl sites for hydroxylation is 1. The van der Waals surface area contributed by atoms with E-state index in [1.165, 1.54) is 12.8 Å². The Bertz CT molecular complexity index is 576. The average molecular weight is 489 g/mol. The van der Waals surface area contributed by atoms with Crippen LogP contribution < -0.4 is 16.0 Å². The minimum atomic E-state index is -0.0711. The molecule has 0 bridgehead atoms. The summed E-state index contributed by atoms with van der Waals surface area (Å²) in [6, 6.07) is 3.72. The lowest BCUT2D eigenvalue weighted by Gasteiger charge is -2.11. The molecular weight excluding hydrogens is 457 g/mol. The molecule has 0 aromatic carbocycles. The van der Waals surface area contributed by atoms with E-state index in [1.807, 2.05) is 19.9 Å². The molecule has 0 saturated heterocycles. The number of nitrogens with zero attached hydrogens (tertiary/aromatic N) is 2. The van der Waals surface area contributed by atoms with Gasteiger partial charge >= 0.3 is 0 Å². The lowest BCUT2D eigenvalue weighted by Crippen LogP contribution is -2.38. The van der Waals surface area contributed by atoms with Gasteiger partial charge in [0.25, 0.3) is 0 Å². The van der Waals surface area contributed by atoms with Crippen molar-refractivity contribution >= 4 is 41.7 Å². The Morgan fingerprint density at radius 1 is 1.33 bits per heavy atom. The standard InChI is InChI=1S/C19H31N5O2.HI/c1-3-20-19(21-10-4-12-26-14-16-6-7-16)22-11-9-18(25)24-17-8-5-15(2)13-23-17;/h5,8,13,16H,3-4,6-7,9-12,14H2,1-2H3,(H2,20,21,22)(H,23,24,25);1H. The predicted molar refractivity (Wildman–Crippen MR) is 120 cm³/mol. The summed E-state index contributed by atoms with van der Waals surface area (Å²) in [5.74, 6) is 2.04. The van der Waals surface area contributed by atoms with Gasteiger partial charge in [-0.15, -0.1) is 24.0 Å². The SMILES string of the molecule is CCNC(=NCCCOCC1CC1)NCCC(=O)Nc1ccc(C)cn1.I. The number of aromatic nitrogens is 1. The molecule has 0 spiro atoms. The van der Waals surface area contributed by atoms with Gasteiger partial charge in [-0.1, -0.05) is 6.07 Å². The van der Waals surface area contributed by atoms with Crippen molar-refractivity contribution in [3.05, 3.63) is 23.9 Å². The number of rotatable bonds is 11. The molecule has 1 aromatic heterocycles. The van der Waals surface area contributed by atoms with Crippen molar-refractivity contribution in [3.8, 4) is 0 Å². The van der Waals surface area contributed by atoms with Gasteiger partial charge < -0.3 is 20.7 Å². The number of aliphatic imine (C=N–C) groups is 1. The third-order valence-corrected chi connectivity index (χ3v) is 3.93. The Morgan fingerprint density at radius 3 is 2.81 bits per heavy atom. The molecule has 1 aliphatic rings. The van der Waals surface area contributed by atoms with Gasteiger partial charge in [-0.05, 0) is 50.7 Å². The lowest BCUT2D eigenvalue weighted by molar-refractivity contribution is -0.116. The number of hydrogen-bond donors (Lipinski definition) is 3. The second-order valence-electron chi connectivity index (χ2n) is 6.58. The molecule has 8 heteroatoms. The molecule has 1 amide bonds. The first-order chi connectivity index (χ1) is 12.7. The number of ether oxygens (including phenoxy) is 1. The van der Waals surface area contributed by atoms with Crippen LogP contribution in [-0.2, 0) is 9.53 Å². The zero-order valence-electron chi connectivity index (χ0n) is 16.3. The van der Waals surface area contributed by atoms with E-state index in [9.17, 15) is 4.79 Å². The van der Waals surface area contributed by atoms with Crippen molar-refractivity contribution in [2.75, 3.05) is 38.2 Å². The maximum absolute atomic E-state index is 12.0. The van der Waals surface area contributed by atoms with Gasteiger partial charge in [0.2, 0.25) is 5.91 Å². The smallest absolute Gasteiger partial charge is 0.227 e. The molecule has 1 saturated carbocycles. The molecule has 3 N–H and O–H groups in total. The van der Waals surface area contributed by atoms with Gasteiger partial charge in [-0.3, -0.25) is 9.79 Å². The van der Waals surface area contributed by atoms with E-state index in [1.54, 1.807) is 12.3 Å². The van der Waals surface area contributed by atoms with Crippen molar-refractivity contribution in [2.45, 2.75) is 39.5 Å². The van der Waals surface area contributed by atoms with Gasteiger partial charge in [0.05, 0.1) is 0 Å². The number of carbonyl (C=O) groups is 1. The molecular formula is C19H32IN5O2. The number of nitrogens with one attached hydrogen (secondary N) is 3. The summed E-state index contributed by atoms with van der Waals surface area (Å²) in [5.41, 5.74) is 1.06. The first kappa shape index (κ1) is 23.6. The number of amides is 1. The van der Waals surface area contributed by atoms with Crippen molar-refractivity contribution in [3.63, 3.8) is 0 Å². The summed E-state index contributed by atoms with van der Waals surface area (Å²) in [6.07, 6.45) is 5.63. The topological polar surface area (TPSA) is 87.6 Å². The summed E-state index contributed by atoms with van der Waals surface area (Å²) in [5, 5.41) is 9.16. The van der Waals surface area contributed by atoms with E-state index >= 15 is 0 Å². The highest BCUT2D eigenvalue weighted by Gasteiger charge is 2.20. The fraction of sp³-hybridized carbons (Fsp3) is 0.632. The number of pyridine rings is 1. The maximum Gasteiger partial charge on any atom is 0.227 e. The van der Waals surface area contributed by atoms with Crippen LogP contribution in [0.15, 0.2) is 23.3 Å². The zero-order chi connectivity index (χ0) is 18.6. The fourth-order valence-corrected chi connectivity index (χ4v) is 2.28. The number of anilines is 1. The molecule has 0 unspecified atom stereocenters. The van der Waals surface area contributed by atoms with Crippen molar-refractivity contribution in [1.82, 2.24) is 15.6 Å². The molecule has 1 fully saturated rings. The summed E-state index contributed by atoms with van der Waals surface area (Å²) in [4.78, 5) is 20.6. The Balaban J connectivity index is 0.00000364. The number of halogens is 1. The summed E-state index contributed by atoms with van der Waals surface area (Å²) >= 11 is 0. The highest BCUT2D eigenvalue weighted by atomic mass is 127. The first-order valence-corrected chi connectivity index (χ1v) is 9.49. The van der Waals surface area contributed by atoms with Gasteiger partial charge in [0.1, 0.15) is 5.82 Å². The van der Waals surface area contributed by atoms with Crippen LogP contribution in [0.5, 0.6) is 0 Å². The van der Waals surface area contributed by atoms with E-state index in [4.69, 9.17) is 4.74 Å². The van der Waals surface area contributed by atoms with Crippen LogP contribution in [0.2, 0.25) is 0 Å². The van der Waals surface area contributed by atoms with E-state index < -0.39 is 0 Å². The maximum atomic E-state index is 12.0. The minimum Gasteiger partial charge on any atom is -0.381 e. The van der Waals surface area contributed by atoms with Crippen molar-refractivity contribution in [1.29, 1.82) is 0 Å². The minimum absolute atomic E-state index is 0. The molecule has 1 aromatic rings. The molecule has 0 radical (unpaired) electrons. The summed E-state index contributed by atoms with van der Waals surface area (Å²) < 4.78 is 5.61. The van der Waals surface area contributed by atoms with Gasteiger partial charge in [-0.25, -0.2) is 4.98 Å². The van der Waals surface area contributed by atoms with Crippen LogP contribution in [0.3, 0.4) is 0 Å². The Morgan fingerprint density at radius 2 is 2.15 bits per heavy atom. The van der Waals surface area contributed by atoms with Gasteiger partial charge in [-0.2, -0.15) is 0 Å². The number of hydrogen-bond acceptors (Lipinski definition) is 4. The molecule has 0 atom stereocenters. The molecule has 1 heterocycles. The molecule has 1 aliphatic carbocycles. The van der Waals surface area contributed by atoms with Crippen molar-refractivity contribution in [2.24, 2.45) is 10.9 Å². The van der Waals surface area contributed by atoms with Gasteiger partial charge in [0, 0.05) is 45.5 Å². The average Bonchev–Trinajstić information content (AvgIpc) is 3.44. The molecule has 27 heavy (non-hydrogen) atoms. The first-order valence-electron chi connectivity index (χ1n) is 9.49. The lowest BCUT2D eigenvalue weighted by atomic mass is 10.3. The highest BCUT2D eigenvalue weighted by Crippen LogP contribution is 2.28. The third kappa shape index (κ3) is 11.1. The van der Waals surface area contributed by atoms with E-state index in [2.05, 4.69) is 25.9 Å². The Hall–Kier alpha value is -1.42. The zero-order valence-corrected chi connectivity index (χ0v) is 18.6. The number of guanidine groups is 1. The van der Waals surface area contributed by atoms with E-state index in [0.29, 0.717) is 25.3 Å². The van der Waals surface area contributed by atoms with Crippen LogP contribution in [0.25, 0.3) is 0 Å². The second kappa shape index (κ2) is 13.7. The quantitative estimate of drug-likeness (QED) is 0.193. The summed E-state index contributed by atoms with van der Waals surface area (Å²) in [7, 11) is 0. The molecule has 152 valence electrons. The van der Waals surface area contributed by atoms with Crippen LogP contribution >= 0.6 is 24.0 Å². The predicted octanol–water partition coefficient (Wildman–Crippen LogP) is 2.71. The van der Waals surface area contributed by atoms with Crippen LogP contribution in [0.1, 0.15) is 38.2 Å². The molecule has 0 aliphatic heterocycles. The second-order valence-corrected chi connectivity index (χ2v) is 6.58. The van der Waals surface area contributed by atoms with E-state index in [-0.39, 0.29) is 29.9 Å².